The quantitative estimate of drug-likeness (QED) is 0.391. The third-order valence-electron chi connectivity index (χ3n) is 8.10. The zero-order chi connectivity index (χ0) is 26.3. The topological polar surface area (TPSA) is 165 Å². The summed E-state index contributed by atoms with van der Waals surface area (Å²) in [5.74, 6) is -6.21. The summed E-state index contributed by atoms with van der Waals surface area (Å²) in [6.45, 7) is 0. The van der Waals surface area contributed by atoms with Crippen LogP contribution in [0.15, 0.2) is 41.0 Å². The summed E-state index contributed by atoms with van der Waals surface area (Å²) in [6, 6.07) is 1.69. The van der Waals surface area contributed by atoms with Crippen molar-refractivity contribution in [2.75, 3.05) is 26.0 Å². The van der Waals surface area contributed by atoms with Crippen LogP contribution in [0.2, 0.25) is 0 Å². The molecular weight excluding hydrogens is 466 g/mol. The lowest BCUT2D eigenvalue weighted by atomic mass is 9.60. The molecule has 4 atom stereocenters. The second kappa shape index (κ2) is 7.86. The number of phenolic OH excluding ortho intramolecular Hbond substituents is 1. The molecule has 36 heavy (non-hydrogen) atoms. The lowest BCUT2D eigenvalue weighted by molar-refractivity contribution is -0.144. The Kier molecular flexibility index (Phi) is 5.22. The molecule has 4 aliphatic rings. The number of phenols is 1. The molecule has 1 aromatic carbocycles. The smallest absolute Gasteiger partial charge is 0.255 e. The predicted octanol–water partition coefficient (Wildman–Crippen LogP) is 1.54. The van der Waals surface area contributed by atoms with Crippen LogP contribution in [0.1, 0.15) is 46.8 Å². The molecule has 0 saturated carbocycles. The van der Waals surface area contributed by atoms with Crippen LogP contribution >= 0.6 is 0 Å². The number of nitrogens with two attached hydrogens (primary N) is 1. The van der Waals surface area contributed by atoms with Crippen molar-refractivity contribution in [1.29, 1.82) is 0 Å². The zero-order valence-corrected chi connectivity index (χ0v) is 20.3. The summed E-state index contributed by atoms with van der Waals surface area (Å²) in [5, 5.41) is 44.3. The molecule has 6 N–H and O–H groups in total. The van der Waals surface area contributed by atoms with Crippen molar-refractivity contribution in [2.24, 2.45) is 17.6 Å². The van der Waals surface area contributed by atoms with E-state index in [1.807, 2.05) is 49.3 Å². The van der Waals surface area contributed by atoms with Crippen LogP contribution < -0.4 is 10.6 Å². The van der Waals surface area contributed by atoms with E-state index >= 15 is 0 Å². The third kappa shape index (κ3) is 3.03. The summed E-state index contributed by atoms with van der Waals surface area (Å²) >= 11 is 0. The van der Waals surface area contributed by atoms with Gasteiger partial charge in [-0.2, -0.15) is 0 Å². The molecule has 5 rings (SSSR count). The number of anilines is 1. The van der Waals surface area contributed by atoms with E-state index in [0.717, 1.165) is 5.69 Å². The lowest BCUT2D eigenvalue weighted by Gasteiger charge is -2.46. The molecule has 0 aromatic heterocycles. The van der Waals surface area contributed by atoms with E-state index in [0.29, 0.717) is 17.5 Å². The Bertz CT molecular complexity index is 1330. The number of ketones is 2. The van der Waals surface area contributed by atoms with Gasteiger partial charge in [0.25, 0.3) is 5.91 Å². The maximum Gasteiger partial charge on any atom is 0.255 e. The highest BCUT2D eigenvalue weighted by Gasteiger charge is 2.59. The molecule has 190 valence electrons. The van der Waals surface area contributed by atoms with E-state index < -0.39 is 52.0 Å². The van der Waals surface area contributed by atoms with Gasteiger partial charge in [-0.1, -0.05) is 6.08 Å². The van der Waals surface area contributed by atoms with Crippen molar-refractivity contribution >= 4 is 23.2 Å². The number of Topliss-reactive ketones (excluding diaryl/α,β-unsaturated/α-hetero) is 2. The first-order valence-electron chi connectivity index (χ1n) is 11.8. The molecule has 0 spiro atoms. The number of nitrogens with zero attached hydrogens (tertiary/aromatic N) is 2. The van der Waals surface area contributed by atoms with Gasteiger partial charge in [0.1, 0.15) is 22.8 Å². The second-order valence-corrected chi connectivity index (χ2v) is 10.3. The van der Waals surface area contributed by atoms with E-state index in [4.69, 9.17) is 5.73 Å². The Morgan fingerprint density at radius 2 is 1.89 bits per heavy atom. The van der Waals surface area contributed by atoms with E-state index in [1.54, 1.807) is 0 Å². The number of aromatic hydroxyl groups is 1. The number of carbonyl (C=O) groups is 3. The van der Waals surface area contributed by atoms with E-state index in [2.05, 4.69) is 0 Å². The molecule has 1 unspecified atom stereocenters. The largest absolute Gasteiger partial charge is 0.511 e. The van der Waals surface area contributed by atoms with Gasteiger partial charge in [-0.15, -0.1) is 0 Å². The van der Waals surface area contributed by atoms with Crippen molar-refractivity contribution < 1.29 is 34.8 Å². The number of hydrogen-bond acceptors (Lipinski definition) is 9. The predicted molar refractivity (Wildman–Crippen MR) is 129 cm³/mol. The molecule has 0 fully saturated rings. The molecule has 10 nitrogen and oxygen atoms in total. The van der Waals surface area contributed by atoms with Crippen molar-refractivity contribution in [2.45, 2.75) is 37.3 Å². The van der Waals surface area contributed by atoms with Gasteiger partial charge in [-0.05, 0) is 43.0 Å². The van der Waals surface area contributed by atoms with Gasteiger partial charge in [-0.3, -0.25) is 14.4 Å². The molecule has 1 aliphatic heterocycles. The lowest BCUT2D eigenvalue weighted by Crippen LogP contribution is -2.57. The minimum atomic E-state index is -2.57. The van der Waals surface area contributed by atoms with Crippen molar-refractivity contribution in [3.05, 3.63) is 57.7 Å². The summed E-state index contributed by atoms with van der Waals surface area (Å²) in [7, 11) is 5.56. The summed E-state index contributed by atoms with van der Waals surface area (Å²) in [5.41, 5.74) is 3.71. The minimum absolute atomic E-state index is 0.0353. The van der Waals surface area contributed by atoms with Crippen LogP contribution in [0.4, 0.5) is 5.69 Å². The number of aliphatic hydroxyl groups is 3. The molecule has 3 aliphatic carbocycles. The standard InChI is InChI=1S/C26H29N3O7/c1-28(2)16-10-14(15-5-4-6-29(15)3)21(31)19-13(16)8-11-7-12-9-17(30)20(25(27)35)24(34)26(12,36)23(33)18(11)22(19)32/h4,6,10-12,15,30-31,33,36H,5,7-9H2,1-3H3,(H2,27,35)/t11-,12+,15?,26+/m1/s1. The van der Waals surface area contributed by atoms with E-state index in [1.165, 1.54) is 0 Å². The maximum atomic E-state index is 13.9. The number of aliphatic hydroxyl groups excluding tert-OH is 2. The molecular formula is C26H29N3O7. The first kappa shape index (κ1) is 23.9. The van der Waals surface area contributed by atoms with Gasteiger partial charge in [0.15, 0.2) is 11.4 Å². The number of allylic oxidation sites excluding steroid dienone is 2. The van der Waals surface area contributed by atoms with Gasteiger partial charge in [0.05, 0.1) is 11.6 Å². The highest BCUT2D eigenvalue weighted by Crippen LogP contribution is 2.53. The number of rotatable bonds is 3. The SMILES string of the molecule is CN(C)c1cc(C2CC=CN2C)c(O)c2c1C[C@H]1C[C@H]3CC(O)=C(C(N)=O)C(=O)[C@@]3(O)C(O)=C1C2=O. The third-order valence-corrected chi connectivity index (χ3v) is 8.10. The fourth-order valence-electron chi connectivity index (χ4n) is 6.31. The van der Waals surface area contributed by atoms with Crippen LogP contribution in [0, 0.1) is 11.8 Å². The van der Waals surface area contributed by atoms with Crippen LogP contribution in [0.5, 0.6) is 5.75 Å². The van der Waals surface area contributed by atoms with Crippen LogP contribution in [0.25, 0.3) is 0 Å². The highest BCUT2D eigenvalue weighted by atomic mass is 16.3. The number of amides is 1. The number of primary amides is 1. The summed E-state index contributed by atoms with van der Waals surface area (Å²) in [6.07, 6.45) is 4.64. The van der Waals surface area contributed by atoms with E-state index in [-0.39, 0.29) is 42.2 Å². The molecule has 1 amide bonds. The van der Waals surface area contributed by atoms with Crippen molar-refractivity contribution in [1.82, 2.24) is 4.90 Å². The van der Waals surface area contributed by atoms with Gasteiger partial charge < -0.3 is 36.0 Å². The first-order chi connectivity index (χ1) is 16.9. The maximum absolute atomic E-state index is 13.9. The van der Waals surface area contributed by atoms with Crippen molar-refractivity contribution in [3.63, 3.8) is 0 Å². The molecule has 1 aromatic rings. The molecule has 0 radical (unpaired) electrons. The number of hydrogen-bond donors (Lipinski definition) is 5. The van der Waals surface area contributed by atoms with Gasteiger partial charge in [0, 0.05) is 50.3 Å². The van der Waals surface area contributed by atoms with Gasteiger partial charge in [0.2, 0.25) is 5.78 Å². The van der Waals surface area contributed by atoms with E-state index in [9.17, 15) is 34.8 Å². The van der Waals surface area contributed by atoms with Crippen LogP contribution in [0.3, 0.4) is 0 Å². The van der Waals surface area contributed by atoms with Gasteiger partial charge in [-0.25, -0.2) is 0 Å². The Balaban J connectivity index is 1.70. The minimum Gasteiger partial charge on any atom is -0.511 e. The van der Waals surface area contributed by atoms with Crippen molar-refractivity contribution in [3.8, 4) is 5.75 Å². The fourth-order valence-corrected chi connectivity index (χ4v) is 6.31. The zero-order valence-electron chi connectivity index (χ0n) is 20.3. The molecule has 0 saturated heterocycles. The normalized spacial score (nSPS) is 29.3. The first-order valence-corrected chi connectivity index (χ1v) is 11.8. The molecule has 10 heteroatoms. The number of benzene rings is 1. The monoisotopic (exact) mass is 495 g/mol. The number of carbonyl (C=O) groups excluding carboxylic acids is 3. The fraction of sp³-hybridized carbons (Fsp3) is 0.423. The highest BCUT2D eigenvalue weighted by molar-refractivity contribution is 6.24. The summed E-state index contributed by atoms with van der Waals surface area (Å²) < 4.78 is 0. The molecule has 0 bridgehead atoms. The number of fused-ring (bicyclic) bond motifs is 3. The average Bonchev–Trinajstić information content (AvgIpc) is 3.21. The Morgan fingerprint density at radius 1 is 1.19 bits per heavy atom. The van der Waals surface area contributed by atoms with Crippen LogP contribution in [-0.4, -0.2) is 69.5 Å². The summed E-state index contributed by atoms with van der Waals surface area (Å²) in [4.78, 5) is 42.6. The Hall–Kier alpha value is -3.79. The average molecular weight is 496 g/mol. The van der Waals surface area contributed by atoms with Crippen LogP contribution in [-0.2, 0) is 16.0 Å². The van der Waals surface area contributed by atoms with Gasteiger partial charge >= 0.3 is 0 Å². The second-order valence-electron chi connectivity index (χ2n) is 10.3. The Morgan fingerprint density at radius 3 is 2.47 bits per heavy atom. The Labute approximate surface area is 207 Å². The molecule has 1 heterocycles.